The summed E-state index contributed by atoms with van der Waals surface area (Å²) in [5.41, 5.74) is 3.70. The molecule has 0 atom stereocenters. The van der Waals surface area contributed by atoms with Crippen molar-refractivity contribution in [3.63, 3.8) is 0 Å². The fraction of sp³-hybridized carbons (Fsp3) is 0.0476. The molecule has 1 aromatic carbocycles. The van der Waals surface area contributed by atoms with Crippen LogP contribution in [0.5, 0.6) is 0 Å². The Morgan fingerprint density at radius 3 is 2.19 bits per heavy atom. The van der Waals surface area contributed by atoms with Crippen molar-refractivity contribution in [2.75, 3.05) is 5.32 Å². The number of pyridine rings is 2. The average Bonchev–Trinajstić information content (AvgIpc) is 2.70. The lowest BCUT2D eigenvalue weighted by atomic mass is 10.1. The molecule has 0 bridgehead atoms. The van der Waals surface area contributed by atoms with Gasteiger partial charge in [-0.1, -0.05) is 43.8 Å². The second-order valence-electron chi connectivity index (χ2n) is 5.43. The fourth-order valence-electron chi connectivity index (χ4n) is 2.46. The summed E-state index contributed by atoms with van der Waals surface area (Å²) in [7, 11) is 0. The molecule has 3 heterocycles. The van der Waals surface area contributed by atoms with Crippen LogP contribution < -0.4 is 5.32 Å². The molecule has 0 aliphatic carbocycles. The molecular formula is C21H19N5. The van der Waals surface area contributed by atoms with Crippen molar-refractivity contribution in [1.29, 1.82) is 0 Å². The first kappa shape index (κ1) is 17.2. The van der Waals surface area contributed by atoms with Crippen molar-refractivity contribution in [1.82, 2.24) is 19.9 Å². The summed E-state index contributed by atoms with van der Waals surface area (Å²) < 4.78 is 0. The largest absolute Gasteiger partial charge is 0.324 e. The zero-order chi connectivity index (χ0) is 16.9. The van der Waals surface area contributed by atoms with Crippen LogP contribution in [0.3, 0.4) is 0 Å². The topological polar surface area (TPSA) is 63.6 Å². The summed E-state index contributed by atoms with van der Waals surface area (Å²) in [5, 5.41) is 3.18. The van der Waals surface area contributed by atoms with E-state index in [4.69, 9.17) is 0 Å². The molecule has 3 aromatic heterocycles. The lowest BCUT2D eigenvalue weighted by molar-refractivity contribution is 1.16. The Morgan fingerprint density at radius 1 is 0.615 bits per heavy atom. The van der Waals surface area contributed by atoms with E-state index in [2.05, 4.69) is 37.4 Å². The molecule has 5 nitrogen and oxygen atoms in total. The van der Waals surface area contributed by atoms with Gasteiger partial charge in [0.2, 0.25) is 0 Å². The number of hydrogen-bond donors (Lipinski definition) is 1. The smallest absolute Gasteiger partial charge is 0.150 e. The van der Waals surface area contributed by atoms with Gasteiger partial charge in [0.25, 0.3) is 0 Å². The lowest BCUT2D eigenvalue weighted by Crippen LogP contribution is -1.98. The Labute approximate surface area is 152 Å². The maximum Gasteiger partial charge on any atom is 0.150 e. The summed E-state index contributed by atoms with van der Waals surface area (Å²) in [4.78, 5) is 17.5. The Bertz CT molecular complexity index is 954. The summed E-state index contributed by atoms with van der Waals surface area (Å²) in [5.74, 6) is 1.34. The highest BCUT2D eigenvalue weighted by molar-refractivity contribution is 5.65. The van der Waals surface area contributed by atoms with E-state index in [0.29, 0.717) is 17.3 Å². The van der Waals surface area contributed by atoms with E-state index in [1.54, 1.807) is 18.6 Å². The van der Waals surface area contributed by atoms with E-state index < -0.39 is 0 Å². The van der Waals surface area contributed by atoms with Gasteiger partial charge < -0.3 is 5.32 Å². The van der Waals surface area contributed by atoms with Crippen molar-refractivity contribution in [2.24, 2.45) is 0 Å². The number of anilines is 2. The van der Waals surface area contributed by atoms with E-state index in [1.165, 1.54) is 0 Å². The first-order valence-corrected chi connectivity index (χ1v) is 7.90. The number of benzene rings is 1. The normalized spacial score (nSPS) is 10.0. The number of rotatable bonds is 4. The molecule has 0 saturated heterocycles. The third-order valence-electron chi connectivity index (χ3n) is 3.69. The molecule has 26 heavy (non-hydrogen) atoms. The number of aromatic nitrogens is 4. The van der Waals surface area contributed by atoms with E-state index in [-0.39, 0.29) is 7.43 Å². The van der Waals surface area contributed by atoms with Gasteiger partial charge >= 0.3 is 0 Å². The monoisotopic (exact) mass is 341 g/mol. The second kappa shape index (κ2) is 7.98. The molecule has 5 heteroatoms. The standard InChI is InChI=1S/C20H15N5.CH4/c1-2-6-15(7-3-1)16-9-10-19(23-12-16)25-20-14-21-13-18(24-20)17-8-4-5-11-22-17;/h1-14H,(H,23,24,25);1H4. The van der Waals surface area contributed by atoms with E-state index in [1.807, 2.05) is 54.7 Å². The SMILES string of the molecule is C.c1ccc(-c2ccc(Nc3cncc(-c4ccccn4)n3)nc2)cc1. The maximum absolute atomic E-state index is 4.54. The molecule has 0 aliphatic rings. The number of hydrogen-bond acceptors (Lipinski definition) is 5. The predicted molar refractivity (Wildman–Crippen MR) is 105 cm³/mol. The Balaban J connectivity index is 0.00000196. The van der Waals surface area contributed by atoms with Gasteiger partial charge in [0.1, 0.15) is 11.5 Å². The van der Waals surface area contributed by atoms with Crippen LogP contribution in [0.2, 0.25) is 0 Å². The zero-order valence-corrected chi connectivity index (χ0v) is 13.4. The van der Waals surface area contributed by atoms with Gasteiger partial charge in [0, 0.05) is 18.0 Å². The van der Waals surface area contributed by atoms with Crippen molar-refractivity contribution in [3.8, 4) is 22.5 Å². The highest BCUT2D eigenvalue weighted by Gasteiger charge is 2.04. The Hall–Kier alpha value is -3.60. The Kier molecular flexibility index (Phi) is 5.29. The van der Waals surface area contributed by atoms with Gasteiger partial charge in [-0.15, -0.1) is 0 Å². The van der Waals surface area contributed by atoms with Gasteiger partial charge in [-0.25, -0.2) is 9.97 Å². The van der Waals surface area contributed by atoms with Crippen LogP contribution in [-0.2, 0) is 0 Å². The molecular weight excluding hydrogens is 322 g/mol. The minimum Gasteiger partial charge on any atom is -0.324 e. The van der Waals surface area contributed by atoms with Crippen LogP contribution >= 0.6 is 0 Å². The fourth-order valence-corrected chi connectivity index (χ4v) is 2.46. The minimum absolute atomic E-state index is 0. The molecule has 0 radical (unpaired) electrons. The summed E-state index contributed by atoms with van der Waals surface area (Å²) in [6.45, 7) is 0. The van der Waals surface area contributed by atoms with Gasteiger partial charge in [0.05, 0.1) is 18.1 Å². The third-order valence-corrected chi connectivity index (χ3v) is 3.69. The van der Waals surface area contributed by atoms with Gasteiger partial charge in [0.15, 0.2) is 5.82 Å². The molecule has 0 saturated carbocycles. The van der Waals surface area contributed by atoms with E-state index >= 15 is 0 Å². The molecule has 0 spiro atoms. The highest BCUT2D eigenvalue weighted by atomic mass is 15.1. The summed E-state index contributed by atoms with van der Waals surface area (Å²) in [6, 6.07) is 19.8. The summed E-state index contributed by atoms with van der Waals surface area (Å²) in [6.07, 6.45) is 6.94. The van der Waals surface area contributed by atoms with E-state index in [0.717, 1.165) is 16.8 Å². The van der Waals surface area contributed by atoms with E-state index in [9.17, 15) is 0 Å². The average molecular weight is 341 g/mol. The van der Waals surface area contributed by atoms with Crippen LogP contribution in [0, 0.1) is 0 Å². The van der Waals surface area contributed by atoms with Crippen LogP contribution in [0.1, 0.15) is 7.43 Å². The third kappa shape index (κ3) is 3.89. The quantitative estimate of drug-likeness (QED) is 0.567. The first-order chi connectivity index (χ1) is 12.4. The van der Waals surface area contributed by atoms with Crippen molar-refractivity contribution >= 4 is 11.6 Å². The second-order valence-corrected chi connectivity index (χ2v) is 5.43. The van der Waals surface area contributed by atoms with Crippen LogP contribution in [0.25, 0.3) is 22.5 Å². The molecule has 4 rings (SSSR count). The minimum atomic E-state index is 0. The maximum atomic E-state index is 4.54. The molecule has 4 aromatic rings. The molecule has 1 N–H and O–H groups in total. The lowest BCUT2D eigenvalue weighted by Gasteiger charge is -2.07. The first-order valence-electron chi connectivity index (χ1n) is 7.90. The molecule has 0 fully saturated rings. The predicted octanol–water partition coefficient (Wildman–Crippen LogP) is 4.98. The zero-order valence-electron chi connectivity index (χ0n) is 13.4. The highest BCUT2D eigenvalue weighted by Crippen LogP contribution is 2.21. The van der Waals surface area contributed by atoms with Gasteiger partial charge in [-0.2, -0.15) is 0 Å². The van der Waals surface area contributed by atoms with Crippen LogP contribution in [-0.4, -0.2) is 19.9 Å². The molecule has 0 aliphatic heterocycles. The van der Waals surface area contributed by atoms with Crippen LogP contribution in [0.4, 0.5) is 11.6 Å². The Morgan fingerprint density at radius 2 is 1.46 bits per heavy atom. The van der Waals surface area contributed by atoms with Crippen molar-refractivity contribution < 1.29 is 0 Å². The molecule has 0 unspecified atom stereocenters. The number of nitrogens with zero attached hydrogens (tertiary/aromatic N) is 4. The molecule has 0 amide bonds. The number of nitrogens with one attached hydrogen (secondary N) is 1. The van der Waals surface area contributed by atoms with Crippen molar-refractivity contribution in [2.45, 2.75) is 7.43 Å². The summed E-state index contributed by atoms with van der Waals surface area (Å²) >= 11 is 0. The molecule has 128 valence electrons. The van der Waals surface area contributed by atoms with Gasteiger partial charge in [-0.05, 0) is 29.8 Å². The van der Waals surface area contributed by atoms with Crippen LogP contribution in [0.15, 0.2) is 85.5 Å². The van der Waals surface area contributed by atoms with Crippen molar-refractivity contribution in [3.05, 3.63) is 85.5 Å². The van der Waals surface area contributed by atoms with Gasteiger partial charge in [-0.3, -0.25) is 9.97 Å².